The van der Waals surface area contributed by atoms with Crippen LogP contribution >= 0.6 is 0 Å². The van der Waals surface area contributed by atoms with Crippen molar-refractivity contribution in [3.05, 3.63) is 35.5 Å². The molecule has 3 N–H and O–H groups in total. The molecule has 1 amide bonds. The number of hydrogen-bond donors (Lipinski definition) is 2. The third kappa shape index (κ3) is 3.74. The smallest absolute Gasteiger partial charge is 0.292 e. The molecule has 13 nitrogen and oxygen atoms in total. The molecule has 4 heterocycles. The number of aromatic nitrogens is 5. The molecule has 0 bridgehead atoms. The predicted octanol–water partition coefficient (Wildman–Crippen LogP) is -0.578. The van der Waals surface area contributed by atoms with E-state index in [1.54, 1.807) is 12.1 Å². The quantitative estimate of drug-likeness (QED) is 0.413. The van der Waals surface area contributed by atoms with Crippen LogP contribution in [0.25, 0.3) is 5.82 Å². The second-order valence-electron chi connectivity index (χ2n) is 5.87. The summed E-state index contributed by atoms with van der Waals surface area (Å²) in [6.07, 6.45) is 2.88. The normalized spacial score (nSPS) is 15.3. The fraction of sp³-hybridized carbons (Fsp3) is 0.333. The van der Waals surface area contributed by atoms with Crippen molar-refractivity contribution in [2.24, 2.45) is 5.10 Å². The fourth-order valence-electron chi connectivity index (χ4n) is 2.68. The highest BCUT2D eigenvalue weighted by Gasteiger charge is 2.26. The van der Waals surface area contributed by atoms with Crippen molar-refractivity contribution in [1.82, 2.24) is 35.6 Å². The van der Waals surface area contributed by atoms with E-state index in [4.69, 9.17) is 14.9 Å². The summed E-state index contributed by atoms with van der Waals surface area (Å²) in [6.45, 7) is 3.07. The topological polar surface area (TPSA) is 163 Å². The van der Waals surface area contributed by atoms with Crippen LogP contribution in [0, 0.1) is 0 Å². The Morgan fingerprint density at radius 3 is 2.93 bits per heavy atom. The van der Waals surface area contributed by atoms with Gasteiger partial charge in [0.15, 0.2) is 5.69 Å². The van der Waals surface area contributed by atoms with Crippen LogP contribution in [0.4, 0.5) is 5.82 Å². The van der Waals surface area contributed by atoms with Gasteiger partial charge < -0.3 is 14.9 Å². The zero-order valence-electron chi connectivity index (χ0n) is 14.7. The van der Waals surface area contributed by atoms with Gasteiger partial charge in [0.1, 0.15) is 11.5 Å². The van der Waals surface area contributed by atoms with Gasteiger partial charge in [-0.2, -0.15) is 9.78 Å². The number of hydrogen-bond acceptors (Lipinski definition) is 11. The molecule has 1 aliphatic heterocycles. The zero-order valence-corrected chi connectivity index (χ0v) is 14.7. The maximum atomic E-state index is 12.8. The molecule has 0 spiro atoms. The number of carbonyl (C=O) groups is 1. The van der Waals surface area contributed by atoms with E-state index in [2.05, 4.69) is 40.7 Å². The van der Waals surface area contributed by atoms with Crippen LogP contribution in [0.15, 0.2) is 32.5 Å². The van der Waals surface area contributed by atoms with E-state index < -0.39 is 5.91 Å². The van der Waals surface area contributed by atoms with Crippen LogP contribution in [0.3, 0.4) is 0 Å². The molecular weight excluding hydrogens is 370 g/mol. The summed E-state index contributed by atoms with van der Waals surface area (Å²) in [6, 6.07) is 3.41. The van der Waals surface area contributed by atoms with E-state index in [1.165, 1.54) is 17.2 Å². The lowest BCUT2D eigenvalue weighted by atomic mass is 10.2. The maximum Gasteiger partial charge on any atom is 0.292 e. The van der Waals surface area contributed by atoms with E-state index in [0.29, 0.717) is 31.2 Å². The molecule has 13 heteroatoms. The molecule has 1 aliphatic rings. The fourth-order valence-corrected chi connectivity index (χ4v) is 2.68. The molecule has 0 saturated carbocycles. The van der Waals surface area contributed by atoms with E-state index in [-0.39, 0.29) is 17.3 Å². The van der Waals surface area contributed by atoms with E-state index in [0.717, 1.165) is 13.1 Å². The number of nitrogens with one attached hydrogen (secondary N) is 1. The van der Waals surface area contributed by atoms with Gasteiger partial charge in [0.25, 0.3) is 5.91 Å². The van der Waals surface area contributed by atoms with E-state index >= 15 is 0 Å². The Labute approximate surface area is 158 Å². The number of morpholine rings is 1. The van der Waals surface area contributed by atoms with Gasteiger partial charge in [-0.1, -0.05) is 5.21 Å². The predicted molar refractivity (Wildman–Crippen MR) is 93.5 cm³/mol. The molecule has 1 fully saturated rings. The van der Waals surface area contributed by atoms with E-state index in [9.17, 15) is 4.79 Å². The monoisotopic (exact) mass is 387 g/mol. The van der Waals surface area contributed by atoms with Crippen molar-refractivity contribution in [1.29, 1.82) is 0 Å². The molecule has 3 aromatic rings. The van der Waals surface area contributed by atoms with Crippen LogP contribution in [0.2, 0.25) is 0 Å². The van der Waals surface area contributed by atoms with Crippen molar-refractivity contribution in [2.75, 3.05) is 32.0 Å². The number of nitrogens with two attached hydrogens (primary N) is 1. The number of nitrogens with zero attached hydrogens (tertiary/aromatic N) is 7. The molecule has 0 aliphatic carbocycles. The first-order valence-electron chi connectivity index (χ1n) is 8.42. The standard InChI is InChI=1S/C15H17N9O4/c16-13-14(21-28-20-13)24-12(15(25)19-17-8-10-2-1-5-27-10)11(18-22-24)9-23-3-6-26-7-4-23/h1-2,5,8H,3-4,6-7,9H2,(H2,16,20)(H,19,25). The summed E-state index contributed by atoms with van der Waals surface area (Å²) < 4.78 is 16.3. The first-order chi connectivity index (χ1) is 13.7. The maximum absolute atomic E-state index is 12.8. The number of furan rings is 1. The third-order valence-corrected chi connectivity index (χ3v) is 4.03. The van der Waals surface area contributed by atoms with Crippen LogP contribution in [0.5, 0.6) is 0 Å². The van der Waals surface area contributed by atoms with Gasteiger partial charge >= 0.3 is 0 Å². The van der Waals surface area contributed by atoms with Crippen molar-refractivity contribution in [3.63, 3.8) is 0 Å². The molecule has 4 rings (SSSR count). The van der Waals surface area contributed by atoms with Crippen molar-refractivity contribution in [3.8, 4) is 5.82 Å². The third-order valence-electron chi connectivity index (χ3n) is 4.03. The molecule has 3 aromatic heterocycles. The highest BCUT2D eigenvalue weighted by molar-refractivity contribution is 5.94. The number of carbonyl (C=O) groups excluding carboxylic acids is 1. The summed E-state index contributed by atoms with van der Waals surface area (Å²) in [5.74, 6) is 0.000681. The number of ether oxygens (including phenoxy) is 1. The van der Waals surface area contributed by atoms with Crippen LogP contribution < -0.4 is 11.2 Å². The van der Waals surface area contributed by atoms with Crippen LogP contribution in [-0.2, 0) is 11.3 Å². The second-order valence-corrected chi connectivity index (χ2v) is 5.87. The molecule has 0 radical (unpaired) electrons. The Kier molecular flexibility index (Phi) is 5.07. The number of nitrogen functional groups attached to an aromatic ring is 1. The molecule has 146 valence electrons. The summed E-state index contributed by atoms with van der Waals surface area (Å²) in [5.41, 5.74) is 8.74. The Hall–Kier alpha value is -3.58. The van der Waals surface area contributed by atoms with Gasteiger partial charge in [-0.25, -0.2) is 10.1 Å². The minimum Gasteiger partial charge on any atom is -0.463 e. The molecular formula is C15H17N9O4. The lowest BCUT2D eigenvalue weighted by Crippen LogP contribution is -2.36. The van der Waals surface area contributed by atoms with Crippen LogP contribution in [-0.4, -0.2) is 68.6 Å². The molecule has 28 heavy (non-hydrogen) atoms. The van der Waals surface area contributed by atoms with Crippen molar-refractivity contribution < 1.29 is 18.6 Å². The Morgan fingerprint density at radius 1 is 1.36 bits per heavy atom. The summed E-state index contributed by atoms with van der Waals surface area (Å²) >= 11 is 0. The highest BCUT2D eigenvalue weighted by Crippen LogP contribution is 2.17. The Bertz CT molecular complexity index is 956. The minimum atomic E-state index is -0.543. The van der Waals surface area contributed by atoms with Gasteiger partial charge in [-0.3, -0.25) is 9.69 Å². The zero-order chi connectivity index (χ0) is 19.3. The lowest BCUT2D eigenvalue weighted by molar-refractivity contribution is 0.0335. The first-order valence-corrected chi connectivity index (χ1v) is 8.42. The van der Waals surface area contributed by atoms with Crippen molar-refractivity contribution in [2.45, 2.75) is 6.54 Å². The molecule has 0 aromatic carbocycles. The number of hydrazone groups is 1. The number of anilines is 1. The van der Waals surface area contributed by atoms with Gasteiger partial charge in [-0.15, -0.1) is 5.10 Å². The van der Waals surface area contributed by atoms with E-state index in [1.807, 2.05) is 0 Å². The summed E-state index contributed by atoms with van der Waals surface area (Å²) in [7, 11) is 0. The molecule has 0 unspecified atom stereocenters. The number of rotatable bonds is 6. The SMILES string of the molecule is Nc1nonc1-n1nnc(CN2CCOCC2)c1C(=O)NN=Cc1ccco1. The van der Waals surface area contributed by atoms with Gasteiger partial charge in [0.2, 0.25) is 11.6 Å². The van der Waals surface area contributed by atoms with Crippen LogP contribution in [0.1, 0.15) is 21.9 Å². The largest absolute Gasteiger partial charge is 0.463 e. The lowest BCUT2D eigenvalue weighted by Gasteiger charge is -2.25. The molecule has 0 atom stereocenters. The summed E-state index contributed by atoms with van der Waals surface area (Å²) in [4.78, 5) is 14.9. The first kappa shape index (κ1) is 17.8. The second kappa shape index (κ2) is 7.98. The minimum absolute atomic E-state index is 0.0176. The number of amides is 1. The average Bonchev–Trinajstić information content (AvgIpc) is 3.44. The highest BCUT2D eigenvalue weighted by atomic mass is 16.6. The average molecular weight is 387 g/mol. The van der Waals surface area contributed by atoms with Gasteiger partial charge in [0, 0.05) is 19.6 Å². The molecule has 1 saturated heterocycles. The summed E-state index contributed by atoms with van der Waals surface area (Å²) in [5, 5.41) is 19.2. The Morgan fingerprint density at radius 2 is 2.21 bits per heavy atom. The van der Waals surface area contributed by atoms with Gasteiger partial charge in [0.05, 0.1) is 25.7 Å². The Balaban J connectivity index is 1.60. The van der Waals surface area contributed by atoms with Crippen molar-refractivity contribution >= 4 is 17.9 Å². The van der Waals surface area contributed by atoms with Gasteiger partial charge in [-0.05, 0) is 22.4 Å².